The molecule has 0 radical (unpaired) electrons. The Morgan fingerprint density at radius 2 is 1.52 bits per heavy atom. The molecule has 0 aliphatic carbocycles. The Bertz CT molecular complexity index is 1140. The first-order valence-corrected chi connectivity index (χ1v) is 9.52. The summed E-state index contributed by atoms with van der Waals surface area (Å²) in [5.74, 6) is -0.456. The molecule has 3 rings (SSSR count). The minimum Gasteiger partial charge on any atom is -0.368 e. The number of aromatic nitrogens is 2. The van der Waals surface area contributed by atoms with Gasteiger partial charge in [-0.05, 0) is 60.9 Å². The molecule has 0 atom stereocenters. The van der Waals surface area contributed by atoms with Crippen molar-refractivity contribution in [1.82, 2.24) is 9.97 Å². The predicted octanol–water partition coefficient (Wildman–Crippen LogP) is 2.27. The molecule has 0 aliphatic heterocycles. The molecule has 1 amide bonds. The normalized spacial score (nSPS) is 11.3. The van der Waals surface area contributed by atoms with Gasteiger partial charge in [0.2, 0.25) is 21.7 Å². The third-order valence-corrected chi connectivity index (χ3v) is 6.02. The van der Waals surface area contributed by atoms with Gasteiger partial charge in [0.1, 0.15) is 0 Å². The van der Waals surface area contributed by atoms with E-state index in [1.54, 1.807) is 37.5 Å². The standard InChI is InChI=1S/C19H18N4O3S/c1-11-3-4-15(8-17(11)13-9-22-19(21)23-10-13)27(25,26)14-5-6-16(18(20)24)12(2)7-14/h3-10H,1-2H3,(H2,20,24)(H2,21,22,23). The molecule has 0 unspecified atom stereocenters. The van der Waals surface area contributed by atoms with Gasteiger partial charge in [-0.1, -0.05) is 6.07 Å². The summed E-state index contributed by atoms with van der Waals surface area (Å²) in [4.78, 5) is 19.5. The van der Waals surface area contributed by atoms with Gasteiger partial charge >= 0.3 is 0 Å². The molecule has 0 saturated heterocycles. The van der Waals surface area contributed by atoms with E-state index in [0.717, 1.165) is 5.56 Å². The molecule has 8 heteroatoms. The molecule has 4 N–H and O–H groups in total. The van der Waals surface area contributed by atoms with Crippen molar-refractivity contribution >= 4 is 21.7 Å². The Kier molecular flexibility index (Phi) is 4.67. The number of rotatable bonds is 4. The molecule has 7 nitrogen and oxygen atoms in total. The molecular formula is C19H18N4O3S. The third-order valence-electron chi connectivity index (χ3n) is 4.28. The summed E-state index contributed by atoms with van der Waals surface area (Å²) < 4.78 is 26.1. The Morgan fingerprint density at radius 3 is 2.11 bits per heavy atom. The second-order valence-corrected chi connectivity index (χ2v) is 8.10. The number of primary amides is 1. The lowest BCUT2D eigenvalue weighted by Crippen LogP contribution is -2.13. The van der Waals surface area contributed by atoms with Gasteiger partial charge < -0.3 is 11.5 Å². The Balaban J connectivity index is 2.10. The van der Waals surface area contributed by atoms with Crippen LogP contribution in [0.3, 0.4) is 0 Å². The van der Waals surface area contributed by atoms with Gasteiger partial charge in [0.25, 0.3) is 0 Å². The van der Waals surface area contributed by atoms with E-state index in [0.29, 0.717) is 16.7 Å². The van der Waals surface area contributed by atoms with Gasteiger partial charge in [0.05, 0.1) is 9.79 Å². The average molecular weight is 382 g/mol. The predicted molar refractivity (Wildman–Crippen MR) is 102 cm³/mol. The molecule has 1 aromatic heterocycles. The van der Waals surface area contributed by atoms with Crippen molar-refractivity contribution in [3.63, 3.8) is 0 Å². The monoisotopic (exact) mass is 382 g/mol. The zero-order valence-electron chi connectivity index (χ0n) is 14.8. The van der Waals surface area contributed by atoms with Crippen molar-refractivity contribution in [2.45, 2.75) is 23.6 Å². The molecule has 0 spiro atoms. The average Bonchev–Trinajstić information content (AvgIpc) is 2.62. The van der Waals surface area contributed by atoms with Crippen LogP contribution in [0.15, 0.2) is 58.6 Å². The van der Waals surface area contributed by atoms with E-state index in [4.69, 9.17) is 11.5 Å². The largest absolute Gasteiger partial charge is 0.368 e. The summed E-state index contributed by atoms with van der Waals surface area (Å²) in [6.45, 7) is 3.51. The first-order chi connectivity index (χ1) is 12.7. The Hall–Kier alpha value is -3.26. The highest BCUT2D eigenvalue weighted by atomic mass is 32.2. The third kappa shape index (κ3) is 3.52. The van der Waals surface area contributed by atoms with E-state index in [9.17, 15) is 13.2 Å². The highest BCUT2D eigenvalue weighted by Gasteiger charge is 2.20. The van der Waals surface area contributed by atoms with E-state index >= 15 is 0 Å². The molecule has 2 aromatic carbocycles. The number of carbonyl (C=O) groups is 1. The van der Waals surface area contributed by atoms with E-state index in [-0.39, 0.29) is 21.3 Å². The molecule has 1 heterocycles. The van der Waals surface area contributed by atoms with Gasteiger partial charge in [-0.3, -0.25) is 4.79 Å². The van der Waals surface area contributed by atoms with Crippen LogP contribution < -0.4 is 11.5 Å². The first-order valence-electron chi connectivity index (χ1n) is 8.04. The van der Waals surface area contributed by atoms with Crippen molar-refractivity contribution in [3.8, 4) is 11.1 Å². The zero-order valence-corrected chi connectivity index (χ0v) is 15.6. The van der Waals surface area contributed by atoms with Crippen LogP contribution in [0.25, 0.3) is 11.1 Å². The van der Waals surface area contributed by atoms with Gasteiger partial charge in [0, 0.05) is 23.5 Å². The van der Waals surface area contributed by atoms with Crippen molar-refractivity contribution in [2.24, 2.45) is 5.73 Å². The second-order valence-electron chi connectivity index (χ2n) is 6.15. The lowest BCUT2D eigenvalue weighted by Gasteiger charge is -2.11. The van der Waals surface area contributed by atoms with Crippen LogP contribution in [0.2, 0.25) is 0 Å². The van der Waals surface area contributed by atoms with Crippen molar-refractivity contribution in [3.05, 3.63) is 65.5 Å². The van der Waals surface area contributed by atoms with Crippen LogP contribution in [0.5, 0.6) is 0 Å². The van der Waals surface area contributed by atoms with Gasteiger partial charge in [0.15, 0.2) is 0 Å². The number of hydrogen-bond acceptors (Lipinski definition) is 6. The SMILES string of the molecule is Cc1cc(S(=O)(=O)c2ccc(C)c(-c3cnc(N)nc3)c2)ccc1C(N)=O. The maximum Gasteiger partial charge on any atom is 0.248 e. The van der Waals surface area contributed by atoms with Crippen LogP contribution >= 0.6 is 0 Å². The van der Waals surface area contributed by atoms with Crippen LogP contribution in [-0.4, -0.2) is 24.3 Å². The number of nitrogens with zero attached hydrogens (tertiary/aromatic N) is 2. The van der Waals surface area contributed by atoms with E-state index in [2.05, 4.69) is 9.97 Å². The van der Waals surface area contributed by atoms with Gasteiger partial charge in [-0.15, -0.1) is 0 Å². The second kappa shape index (κ2) is 6.81. The van der Waals surface area contributed by atoms with E-state index < -0.39 is 15.7 Å². The van der Waals surface area contributed by atoms with Crippen molar-refractivity contribution in [1.29, 1.82) is 0 Å². The van der Waals surface area contributed by atoms with Gasteiger partial charge in [-0.25, -0.2) is 18.4 Å². The summed E-state index contributed by atoms with van der Waals surface area (Å²) >= 11 is 0. The fourth-order valence-electron chi connectivity index (χ4n) is 2.77. The zero-order chi connectivity index (χ0) is 19.8. The minimum atomic E-state index is -3.78. The summed E-state index contributed by atoms with van der Waals surface area (Å²) in [6, 6.07) is 9.10. The quantitative estimate of drug-likeness (QED) is 0.712. The fourth-order valence-corrected chi connectivity index (χ4v) is 4.14. The van der Waals surface area contributed by atoms with Crippen LogP contribution in [0.1, 0.15) is 21.5 Å². The van der Waals surface area contributed by atoms with Crippen molar-refractivity contribution < 1.29 is 13.2 Å². The van der Waals surface area contributed by atoms with Gasteiger partial charge in [-0.2, -0.15) is 0 Å². The molecule has 0 saturated carbocycles. The fraction of sp³-hybridized carbons (Fsp3) is 0.105. The molecule has 0 aliphatic rings. The summed E-state index contributed by atoms with van der Waals surface area (Å²) in [7, 11) is -3.78. The number of benzene rings is 2. The minimum absolute atomic E-state index is 0.0911. The molecule has 0 fully saturated rings. The van der Waals surface area contributed by atoms with Crippen LogP contribution in [0, 0.1) is 13.8 Å². The number of aryl methyl sites for hydroxylation is 2. The number of hydrogen-bond donors (Lipinski definition) is 2. The molecule has 3 aromatic rings. The number of amides is 1. The maximum absolute atomic E-state index is 13.0. The maximum atomic E-state index is 13.0. The van der Waals surface area contributed by atoms with E-state index in [1.807, 2.05) is 6.92 Å². The summed E-state index contributed by atoms with van der Waals surface area (Å²) in [6.07, 6.45) is 3.10. The number of sulfone groups is 1. The number of nitrogen functional groups attached to an aromatic ring is 1. The lowest BCUT2D eigenvalue weighted by atomic mass is 10.0. The smallest absolute Gasteiger partial charge is 0.248 e. The topological polar surface area (TPSA) is 129 Å². The highest BCUT2D eigenvalue weighted by molar-refractivity contribution is 7.91. The summed E-state index contributed by atoms with van der Waals surface area (Å²) in [5.41, 5.74) is 13.8. The van der Waals surface area contributed by atoms with E-state index in [1.165, 1.54) is 18.2 Å². The van der Waals surface area contributed by atoms with Crippen LogP contribution in [-0.2, 0) is 9.84 Å². The molecule has 27 heavy (non-hydrogen) atoms. The lowest BCUT2D eigenvalue weighted by molar-refractivity contribution is 0.0999. The number of nitrogens with two attached hydrogens (primary N) is 2. The van der Waals surface area contributed by atoms with Crippen molar-refractivity contribution in [2.75, 3.05) is 5.73 Å². The molecular weight excluding hydrogens is 364 g/mol. The highest BCUT2D eigenvalue weighted by Crippen LogP contribution is 2.29. The van der Waals surface area contributed by atoms with Crippen LogP contribution in [0.4, 0.5) is 5.95 Å². The summed E-state index contributed by atoms with van der Waals surface area (Å²) in [5, 5.41) is 0. The Labute approximate surface area is 157 Å². The Morgan fingerprint density at radius 1 is 0.926 bits per heavy atom. The molecule has 0 bridgehead atoms. The number of anilines is 1. The molecule has 138 valence electrons. The first kappa shape index (κ1) is 18.5. The number of carbonyl (C=O) groups excluding carboxylic acids is 1.